The normalized spacial score (nSPS) is 29.0. The number of aliphatic hydroxyl groups excluding tert-OH is 3. The molecule has 3 aromatic carbocycles. The molecule has 2 aliphatic heterocycles. The molecule has 0 radical (unpaired) electrons. The van der Waals surface area contributed by atoms with Gasteiger partial charge in [-0.25, -0.2) is 0 Å². The van der Waals surface area contributed by atoms with Crippen molar-refractivity contribution in [2.45, 2.75) is 98.8 Å². The van der Waals surface area contributed by atoms with Gasteiger partial charge in [0.15, 0.2) is 17.1 Å². The molecule has 1 fully saturated rings. The smallest absolute Gasteiger partial charge is 0.207 e. The van der Waals surface area contributed by atoms with Crippen LogP contribution in [0.2, 0.25) is 0 Å². The minimum Gasteiger partial charge on any atom is -0.508 e. The maximum absolute atomic E-state index is 13.0. The summed E-state index contributed by atoms with van der Waals surface area (Å²) >= 11 is 0. The minimum atomic E-state index is -1.47. The van der Waals surface area contributed by atoms with Gasteiger partial charge in [-0.05, 0) is 97.6 Å². The second-order valence-electron chi connectivity index (χ2n) is 16.1. The Morgan fingerprint density at radius 3 is 2.53 bits per heavy atom. The second-order valence-corrected chi connectivity index (χ2v) is 18.9. The molecule has 55 heavy (non-hydrogen) atoms. The number of aromatic hydroxyl groups is 3. The fraction of sp³-hybridized carbons (Fsp3) is 0.535. The van der Waals surface area contributed by atoms with Gasteiger partial charge in [0.2, 0.25) is 11.5 Å². The second kappa shape index (κ2) is 15.5. The van der Waals surface area contributed by atoms with E-state index in [4.69, 9.17) is 18.9 Å². The third kappa shape index (κ3) is 6.59. The van der Waals surface area contributed by atoms with E-state index in [-0.39, 0.29) is 65.3 Å². The van der Waals surface area contributed by atoms with Crippen molar-refractivity contribution >= 4 is 21.6 Å². The highest BCUT2D eigenvalue weighted by molar-refractivity contribution is 8.77. The molecule has 0 saturated heterocycles. The molecule has 0 spiro atoms. The van der Waals surface area contributed by atoms with Crippen molar-refractivity contribution in [3.05, 3.63) is 64.7 Å². The first-order valence-electron chi connectivity index (χ1n) is 19.6. The van der Waals surface area contributed by atoms with Crippen molar-refractivity contribution in [2.75, 3.05) is 33.5 Å². The average molecular weight is 793 g/mol. The lowest BCUT2D eigenvalue weighted by Gasteiger charge is -2.54. The predicted molar refractivity (Wildman–Crippen MR) is 214 cm³/mol. The van der Waals surface area contributed by atoms with Crippen LogP contribution in [0.25, 0.3) is 11.1 Å². The molecule has 0 aromatic heterocycles. The first-order valence-corrected chi connectivity index (χ1v) is 21.9. The number of fused-ring (bicyclic) bond motifs is 7. The van der Waals surface area contributed by atoms with E-state index >= 15 is 0 Å². The first kappa shape index (κ1) is 38.5. The van der Waals surface area contributed by atoms with Crippen LogP contribution in [0, 0.1) is 11.8 Å². The van der Waals surface area contributed by atoms with Gasteiger partial charge in [-0.1, -0.05) is 53.7 Å². The number of benzene rings is 3. The van der Waals surface area contributed by atoms with E-state index in [0.29, 0.717) is 48.0 Å². The first-order chi connectivity index (χ1) is 26.6. The Morgan fingerprint density at radius 1 is 0.945 bits per heavy atom. The summed E-state index contributed by atoms with van der Waals surface area (Å²) in [4.78, 5) is 0. The van der Waals surface area contributed by atoms with Crippen LogP contribution < -0.4 is 18.9 Å². The van der Waals surface area contributed by atoms with Gasteiger partial charge in [-0.2, -0.15) is 0 Å². The molecule has 3 aromatic rings. The Morgan fingerprint density at radius 2 is 1.76 bits per heavy atom. The summed E-state index contributed by atoms with van der Waals surface area (Å²) < 4.78 is 25.1. The number of hydrogen-bond acceptors (Lipinski definition) is 12. The Kier molecular flexibility index (Phi) is 10.8. The summed E-state index contributed by atoms with van der Waals surface area (Å²) in [6, 6.07) is 8.80. The molecule has 12 heteroatoms. The molecule has 8 unspecified atom stereocenters. The van der Waals surface area contributed by atoms with E-state index in [0.717, 1.165) is 59.9 Å². The largest absolute Gasteiger partial charge is 0.508 e. The standard InChI is InChI=1S/C43H52O10S2/c1-22(2)12-15-51-33-19-30(39(47)41(50-3)40(33)48)43-13-11-34-38(42(43)49)37-32(53-43)20-31(52-16-14-44)35-27-10-8-24(46)18-28(27)26(29(21-45)36(35)37)9-7-23-5-4-6-25(17-23)54-55-34/h4,6,8,10,18-20,22-23,25-26,29,34,38,42,44-49H,5,7,9,11-17,21H2,1-3H3. The van der Waals surface area contributed by atoms with Crippen LogP contribution in [0.4, 0.5) is 0 Å². The third-order valence-electron chi connectivity index (χ3n) is 12.5. The van der Waals surface area contributed by atoms with Crippen LogP contribution >= 0.6 is 21.6 Å². The number of ether oxygens (including phenoxy) is 4. The lowest BCUT2D eigenvalue weighted by atomic mass is 9.61. The van der Waals surface area contributed by atoms with Gasteiger partial charge in [0.25, 0.3) is 0 Å². The lowest BCUT2D eigenvalue weighted by molar-refractivity contribution is -0.112. The maximum Gasteiger partial charge on any atom is 0.207 e. The maximum atomic E-state index is 13.0. The number of rotatable bonds is 10. The number of methoxy groups -OCH3 is 1. The number of phenolic OH excluding ortho intramolecular Hbond substituents is 3. The van der Waals surface area contributed by atoms with Crippen molar-refractivity contribution in [1.29, 1.82) is 0 Å². The van der Waals surface area contributed by atoms with Crippen LogP contribution in [-0.2, 0) is 5.60 Å². The lowest BCUT2D eigenvalue weighted by Crippen LogP contribution is -2.57. The average Bonchev–Trinajstić information content (AvgIpc) is 3.17. The molecule has 6 N–H and O–H groups in total. The molecule has 5 aliphatic rings. The highest BCUT2D eigenvalue weighted by atomic mass is 33.1. The van der Waals surface area contributed by atoms with Gasteiger partial charge in [-0.15, -0.1) is 0 Å². The van der Waals surface area contributed by atoms with E-state index < -0.39 is 23.5 Å². The van der Waals surface area contributed by atoms with Gasteiger partial charge in [0.05, 0.1) is 26.9 Å². The summed E-state index contributed by atoms with van der Waals surface area (Å²) in [6.07, 6.45) is 8.95. The van der Waals surface area contributed by atoms with Gasteiger partial charge < -0.3 is 49.6 Å². The monoisotopic (exact) mass is 792 g/mol. The van der Waals surface area contributed by atoms with E-state index in [1.165, 1.54) is 7.11 Å². The molecule has 8 rings (SSSR count). The number of phenols is 3. The molecule has 3 aliphatic carbocycles. The van der Waals surface area contributed by atoms with Crippen LogP contribution in [0.1, 0.15) is 98.8 Å². The van der Waals surface area contributed by atoms with Crippen molar-refractivity contribution in [1.82, 2.24) is 0 Å². The fourth-order valence-corrected chi connectivity index (χ4v) is 13.2. The quantitative estimate of drug-likeness (QED) is 0.0874. The van der Waals surface area contributed by atoms with Crippen LogP contribution in [0.3, 0.4) is 0 Å². The molecule has 2 heterocycles. The van der Waals surface area contributed by atoms with Crippen LogP contribution in [-0.4, -0.2) is 80.8 Å². The summed E-state index contributed by atoms with van der Waals surface area (Å²) in [5.74, 6) is 0.186. The topological polar surface area (TPSA) is 158 Å². The van der Waals surface area contributed by atoms with Gasteiger partial charge in [0, 0.05) is 45.1 Å². The zero-order chi connectivity index (χ0) is 38.6. The minimum absolute atomic E-state index is 0.0151. The van der Waals surface area contributed by atoms with E-state index in [9.17, 15) is 30.6 Å². The number of allylic oxidation sites excluding steroid dienone is 1. The molecule has 1 saturated carbocycles. The summed E-state index contributed by atoms with van der Waals surface area (Å²) in [7, 11) is 5.01. The molecular formula is C43H52O10S2. The zero-order valence-corrected chi connectivity index (χ0v) is 33.2. The summed E-state index contributed by atoms with van der Waals surface area (Å²) in [6.45, 7) is 4.11. The van der Waals surface area contributed by atoms with Gasteiger partial charge >= 0.3 is 0 Å². The predicted octanol–water partition coefficient (Wildman–Crippen LogP) is 7.85. The molecule has 0 amide bonds. The zero-order valence-electron chi connectivity index (χ0n) is 31.6. The van der Waals surface area contributed by atoms with Gasteiger partial charge in [-0.3, -0.25) is 0 Å². The van der Waals surface area contributed by atoms with Crippen LogP contribution in [0.15, 0.2) is 42.5 Å². The number of aliphatic hydroxyl groups is 3. The van der Waals surface area contributed by atoms with Crippen molar-refractivity contribution in [3.63, 3.8) is 0 Å². The van der Waals surface area contributed by atoms with Crippen molar-refractivity contribution in [3.8, 4) is 51.4 Å². The Hall–Kier alpha value is -3.42. The van der Waals surface area contributed by atoms with E-state index in [2.05, 4.69) is 26.0 Å². The summed E-state index contributed by atoms with van der Waals surface area (Å²) in [5, 5.41) is 68.5. The highest BCUT2D eigenvalue weighted by Gasteiger charge is 2.60. The Labute approximate surface area is 330 Å². The summed E-state index contributed by atoms with van der Waals surface area (Å²) in [5.41, 5.74) is 3.06. The SMILES string of the molecule is COc1c(O)c(OCCC(C)C)cc(C23CCC4SSC5C=CCC(CCC6c7cc(O)ccc7-c7c(OCCO)cc(c(c7C6CO)C4C2O)O3)C5)c1O. The molecule has 296 valence electrons. The Bertz CT molecular complexity index is 1950. The third-order valence-corrected chi connectivity index (χ3v) is 15.8. The van der Waals surface area contributed by atoms with E-state index in [1.807, 2.05) is 29.0 Å². The highest BCUT2D eigenvalue weighted by Crippen LogP contribution is 2.66. The molecule has 8 atom stereocenters. The fourth-order valence-electron chi connectivity index (χ4n) is 9.83. The Balaban J connectivity index is 1.38. The number of hydrogen-bond donors (Lipinski definition) is 6. The van der Waals surface area contributed by atoms with Crippen molar-refractivity contribution < 1.29 is 49.6 Å². The van der Waals surface area contributed by atoms with Crippen LogP contribution in [0.5, 0.6) is 40.2 Å². The molecular weight excluding hydrogens is 741 g/mol. The van der Waals surface area contributed by atoms with E-state index in [1.54, 1.807) is 22.9 Å². The molecule has 6 bridgehead atoms. The van der Waals surface area contributed by atoms with Crippen molar-refractivity contribution in [2.24, 2.45) is 11.8 Å². The molecule has 10 nitrogen and oxygen atoms in total. The van der Waals surface area contributed by atoms with Gasteiger partial charge in [0.1, 0.15) is 30.0 Å².